The van der Waals surface area contributed by atoms with E-state index >= 15 is 0 Å². The zero-order chi connectivity index (χ0) is 11.7. The quantitative estimate of drug-likeness (QED) is 0.829. The third-order valence-electron chi connectivity index (χ3n) is 3.96. The highest BCUT2D eigenvalue weighted by Crippen LogP contribution is 2.29. The van der Waals surface area contributed by atoms with Crippen LogP contribution >= 0.6 is 0 Å². The molecular weight excluding hydrogens is 212 g/mol. The third-order valence-corrected chi connectivity index (χ3v) is 3.96. The maximum atomic E-state index is 4.21. The van der Waals surface area contributed by atoms with Crippen molar-refractivity contribution in [1.82, 2.24) is 19.8 Å². The van der Waals surface area contributed by atoms with Gasteiger partial charge in [-0.2, -0.15) is 0 Å². The number of nitrogens with zero attached hydrogens (tertiary/aromatic N) is 3. The van der Waals surface area contributed by atoms with E-state index in [0.29, 0.717) is 6.04 Å². The summed E-state index contributed by atoms with van der Waals surface area (Å²) in [5.74, 6) is 0. The van der Waals surface area contributed by atoms with Gasteiger partial charge in [0.2, 0.25) is 0 Å². The maximum Gasteiger partial charge on any atom is 0.0945 e. The van der Waals surface area contributed by atoms with E-state index in [1.165, 1.54) is 44.5 Å². The molecule has 0 aromatic carbocycles. The van der Waals surface area contributed by atoms with Crippen molar-refractivity contribution in [1.29, 1.82) is 0 Å². The largest absolute Gasteiger partial charge is 0.337 e. The van der Waals surface area contributed by atoms with Crippen LogP contribution in [0.5, 0.6) is 0 Å². The monoisotopic (exact) mass is 234 g/mol. The molecule has 94 valence electrons. The van der Waals surface area contributed by atoms with Crippen LogP contribution in [-0.2, 0) is 13.6 Å². The SMILES string of the molecule is Cn1cncc1CN(C[C@H]1CCCN1)C1CC1. The number of rotatable bonds is 5. The van der Waals surface area contributed by atoms with Gasteiger partial charge in [-0.25, -0.2) is 4.98 Å². The number of imidazole rings is 1. The summed E-state index contributed by atoms with van der Waals surface area (Å²) in [7, 11) is 2.08. The Kier molecular flexibility index (Phi) is 3.16. The Morgan fingerprint density at radius 1 is 1.47 bits per heavy atom. The summed E-state index contributed by atoms with van der Waals surface area (Å²) in [6.07, 6.45) is 9.34. The van der Waals surface area contributed by atoms with Crippen molar-refractivity contribution in [2.75, 3.05) is 13.1 Å². The molecule has 2 aliphatic rings. The standard InChI is InChI=1S/C13H22N4/c1-16-10-14-7-13(16)9-17(12-4-5-12)8-11-3-2-6-15-11/h7,10-12,15H,2-6,8-9H2,1H3/t11-/m1/s1. The topological polar surface area (TPSA) is 33.1 Å². The number of aryl methyl sites for hydroxylation is 1. The molecule has 1 aromatic rings. The molecular formula is C13H22N4. The molecule has 17 heavy (non-hydrogen) atoms. The second-order valence-corrected chi connectivity index (χ2v) is 5.45. The van der Waals surface area contributed by atoms with Gasteiger partial charge in [0, 0.05) is 38.4 Å². The Morgan fingerprint density at radius 2 is 2.35 bits per heavy atom. The van der Waals surface area contributed by atoms with Gasteiger partial charge in [-0.1, -0.05) is 0 Å². The second-order valence-electron chi connectivity index (χ2n) is 5.45. The first kappa shape index (κ1) is 11.2. The molecule has 0 radical (unpaired) electrons. The van der Waals surface area contributed by atoms with Crippen LogP contribution in [-0.4, -0.2) is 39.6 Å². The van der Waals surface area contributed by atoms with E-state index in [1.54, 1.807) is 0 Å². The van der Waals surface area contributed by atoms with Gasteiger partial charge in [-0.15, -0.1) is 0 Å². The molecule has 0 amide bonds. The Balaban J connectivity index is 1.61. The van der Waals surface area contributed by atoms with Crippen LogP contribution in [0.2, 0.25) is 0 Å². The second kappa shape index (κ2) is 4.78. The molecule has 1 saturated carbocycles. The van der Waals surface area contributed by atoms with Crippen molar-refractivity contribution >= 4 is 0 Å². The van der Waals surface area contributed by atoms with Crippen molar-refractivity contribution in [3.63, 3.8) is 0 Å². The summed E-state index contributed by atoms with van der Waals surface area (Å²) in [5.41, 5.74) is 1.33. The Hall–Kier alpha value is -0.870. The Morgan fingerprint density at radius 3 is 2.94 bits per heavy atom. The first-order chi connectivity index (χ1) is 8.33. The van der Waals surface area contributed by atoms with Crippen LogP contribution in [0, 0.1) is 0 Å². The van der Waals surface area contributed by atoms with Crippen LogP contribution < -0.4 is 5.32 Å². The molecule has 1 aromatic heterocycles. The maximum absolute atomic E-state index is 4.21. The van der Waals surface area contributed by atoms with Gasteiger partial charge in [0.1, 0.15) is 0 Å². The van der Waals surface area contributed by atoms with E-state index in [0.717, 1.165) is 12.6 Å². The van der Waals surface area contributed by atoms with E-state index < -0.39 is 0 Å². The van der Waals surface area contributed by atoms with Gasteiger partial charge in [0.05, 0.1) is 12.0 Å². The van der Waals surface area contributed by atoms with Crippen LogP contribution in [0.25, 0.3) is 0 Å². The minimum Gasteiger partial charge on any atom is -0.337 e. The van der Waals surface area contributed by atoms with E-state index in [1.807, 2.05) is 12.5 Å². The summed E-state index contributed by atoms with van der Waals surface area (Å²) >= 11 is 0. The van der Waals surface area contributed by atoms with Gasteiger partial charge in [-0.05, 0) is 32.2 Å². The summed E-state index contributed by atoms with van der Waals surface area (Å²) in [6, 6.07) is 1.54. The smallest absolute Gasteiger partial charge is 0.0945 e. The predicted octanol–water partition coefficient (Wildman–Crippen LogP) is 1.14. The molecule has 1 N–H and O–H groups in total. The summed E-state index contributed by atoms with van der Waals surface area (Å²) in [6.45, 7) is 3.46. The van der Waals surface area contributed by atoms with Crippen LogP contribution in [0.15, 0.2) is 12.5 Å². The zero-order valence-corrected chi connectivity index (χ0v) is 10.6. The minimum absolute atomic E-state index is 0.712. The highest BCUT2D eigenvalue weighted by atomic mass is 15.2. The molecule has 1 saturated heterocycles. The number of hydrogen-bond acceptors (Lipinski definition) is 3. The zero-order valence-electron chi connectivity index (χ0n) is 10.6. The third kappa shape index (κ3) is 2.69. The van der Waals surface area contributed by atoms with Gasteiger partial charge >= 0.3 is 0 Å². The molecule has 3 rings (SSSR count). The number of hydrogen-bond donors (Lipinski definition) is 1. The molecule has 1 aliphatic carbocycles. The molecule has 4 heteroatoms. The molecule has 2 fully saturated rings. The van der Waals surface area contributed by atoms with Crippen molar-refractivity contribution in [2.45, 2.75) is 44.3 Å². The first-order valence-electron chi connectivity index (χ1n) is 6.75. The lowest BCUT2D eigenvalue weighted by atomic mass is 10.2. The Bertz CT molecular complexity index is 363. The van der Waals surface area contributed by atoms with E-state index in [2.05, 4.69) is 26.8 Å². The van der Waals surface area contributed by atoms with Crippen molar-refractivity contribution in [3.8, 4) is 0 Å². The molecule has 4 nitrogen and oxygen atoms in total. The fourth-order valence-electron chi connectivity index (χ4n) is 2.72. The minimum atomic E-state index is 0.712. The van der Waals surface area contributed by atoms with E-state index in [4.69, 9.17) is 0 Å². The average Bonchev–Trinajstić information content (AvgIpc) is 2.91. The van der Waals surface area contributed by atoms with Gasteiger partial charge < -0.3 is 9.88 Å². The molecule has 2 heterocycles. The fourth-order valence-corrected chi connectivity index (χ4v) is 2.72. The van der Waals surface area contributed by atoms with Crippen LogP contribution in [0.3, 0.4) is 0 Å². The first-order valence-corrected chi connectivity index (χ1v) is 6.75. The molecule has 0 spiro atoms. The Labute approximate surface area is 103 Å². The van der Waals surface area contributed by atoms with Crippen molar-refractivity contribution in [2.24, 2.45) is 7.05 Å². The molecule has 0 unspecified atom stereocenters. The van der Waals surface area contributed by atoms with Gasteiger partial charge in [-0.3, -0.25) is 4.90 Å². The normalized spacial score (nSPS) is 24.7. The summed E-state index contributed by atoms with van der Waals surface area (Å²) in [5, 5.41) is 3.60. The van der Waals surface area contributed by atoms with E-state index in [-0.39, 0.29) is 0 Å². The van der Waals surface area contributed by atoms with Crippen LogP contribution in [0.1, 0.15) is 31.4 Å². The number of aromatic nitrogens is 2. The van der Waals surface area contributed by atoms with Crippen molar-refractivity contribution in [3.05, 3.63) is 18.2 Å². The van der Waals surface area contributed by atoms with Crippen molar-refractivity contribution < 1.29 is 0 Å². The summed E-state index contributed by atoms with van der Waals surface area (Å²) < 4.78 is 2.14. The van der Waals surface area contributed by atoms with E-state index in [9.17, 15) is 0 Å². The highest BCUT2D eigenvalue weighted by Gasteiger charge is 2.31. The van der Waals surface area contributed by atoms with Crippen LogP contribution in [0.4, 0.5) is 0 Å². The lowest BCUT2D eigenvalue weighted by Crippen LogP contribution is -2.38. The average molecular weight is 234 g/mol. The molecule has 0 bridgehead atoms. The summed E-state index contributed by atoms with van der Waals surface area (Å²) in [4.78, 5) is 6.85. The predicted molar refractivity (Wildman–Crippen MR) is 67.7 cm³/mol. The van der Waals surface area contributed by atoms with Gasteiger partial charge in [0.25, 0.3) is 0 Å². The molecule has 1 aliphatic heterocycles. The fraction of sp³-hybridized carbons (Fsp3) is 0.769. The lowest BCUT2D eigenvalue weighted by Gasteiger charge is -2.25. The highest BCUT2D eigenvalue weighted by molar-refractivity contribution is 5.00. The number of nitrogens with one attached hydrogen (secondary N) is 1. The van der Waals surface area contributed by atoms with Gasteiger partial charge in [0.15, 0.2) is 0 Å². The lowest BCUT2D eigenvalue weighted by molar-refractivity contribution is 0.226. The molecule has 1 atom stereocenters.